The van der Waals surface area contributed by atoms with Gasteiger partial charge >= 0.3 is 0 Å². The Morgan fingerprint density at radius 1 is 1.03 bits per heavy atom. The van der Waals surface area contributed by atoms with E-state index in [9.17, 15) is 9.59 Å². The molecule has 1 aliphatic rings. The highest BCUT2D eigenvalue weighted by Gasteiger charge is 2.33. The number of amides is 2. The molecule has 6 heteroatoms. The lowest BCUT2D eigenvalue weighted by Gasteiger charge is -2.17. The molecular weight excluding hydrogens is 368 g/mol. The van der Waals surface area contributed by atoms with Gasteiger partial charge in [0.1, 0.15) is 11.5 Å². The van der Waals surface area contributed by atoms with Crippen LogP contribution in [-0.4, -0.2) is 50.6 Å². The first-order valence-electron chi connectivity index (χ1n) is 9.90. The molecule has 29 heavy (non-hydrogen) atoms. The van der Waals surface area contributed by atoms with Gasteiger partial charge < -0.3 is 19.7 Å². The summed E-state index contributed by atoms with van der Waals surface area (Å²) in [6.07, 6.45) is 1.77. The Bertz CT molecular complexity index is 835. The number of benzene rings is 2. The second kappa shape index (κ2) is 9.96. The number of nitrogens with zero attached hydrogens (tertiary/aromatic N) is 1. The SMILES string of the molecule is COc1ccc(CCNC(=O)C2CC(=O)N(CCc3cccc(OC)c3)C2)cc1. The largest absolute Gasteiger partial charge is 0.497 e. The first kappa shape index (κ1) is 20.7. The van der Waals surface area contributed by atoms with Gasteiger partial charge in [0.2, 0.25) is 11.8 Å². The van der Waals surface area contributed by atoms with Crippen LogP contribution in [0.2, 0.25) is 0 Å². The second-order valence-electron chi connectivity index (χ2n) is 7.23. The molecule has 0 saturated carbocycles. The van der Waals surface area contributed by atoms with Crippen LogP contribution in [-0.2, 0) is 22.4 Å². The summed E-state index contributed by atoms with van der Waals surface area (Å²) in [4.78, 5) is 26.5. The fraction of sp³-hybridized carbons (Fsp3) is 0.391. The Labute approximate surface area is 171 Å². The monoisotopic (exact) mass is 396 g/mol. The summed E-state index contributed by atoms with van der Waals surface area (Å²) in [5.74, 6) is 1.35. The van der Waals surface area contributed by atoms with Crippen molar-refractivity contribution >= 4 is 11.8 Å². The molecular formula is C23H28N2O4. The molecule has 1 unspecified atom stereocenters. The molecule has 1 fully saturated rings. The van der Waals surface area contributed by atoms with E-state index in [1.165, 1.54) is 0 Å². The van der Waals surface area contributed by atoms with Crippen molar-refractivity contribution in [2.24, 2.45) is 5.92 Å². The summed E-state index contributed by atoms with van der Waals surface area (Å²) in [6.45, 7) is 1.65. The number of hydrogen-bond acceptors (Lipinski definition) is 4. The van der Waals surface area contributed by atoms with Crippen molar-refractivity contribution in [2.75, 3.05) is 33.9 Å². The highest BCUT2D eigenvalue weighted by Crippen LogP contribution is 2.20. The lowest BCUT2D eigenvalue weighted by Crippen LogP contribution is -2.34. The average Bonchev–Trinajstić information content (AvgIpc) is 3.13. The third-order valence-corrected chi connectivity index (χ3v) is 5.26. The van der Waals surface area contributed by atoms with E-state index in [1.807, 2.05) is 48.5 Å². The van der Waals surface area contributed by atoms with Crippen LogP contribution in [0.25, 0.3) is 0 Å². The van der Waals surface area contributed by atoms with E-state index < -0.39 is 0 Å². The van der Waals surface area contributed by atoms with Gasteiger partial charge in [0, 0.05) is 26.1 Å². The smallest absolute Gasteiger partial charge is 0.225 e. The molecule has 0 spiro atoms. The van der Waals surface area contributed by atoms with Gasteiger partial charge in [-0.1, -0.05) is 24.3 Å². The molecule has 1 atom stereocenters. The van der Waals surface area contributed by atoms with Crippen LogP contribution in [0, 0.1) is 5.92 Å². The summed E-state index contributed by atoms with van der Waals surface area (Å²) < 4.78 is 10.4. The minimum atomic E-state index is -0.274. The lowest BCUT2D eigenvalue weighted by molar-refractivity contribution is -0.129. The summed E-state index contributed by atoms with van der Waals surface area (Å²) in [6, 6.07) is 15.6. The predicted octanol–water partition coefficient (Wildman–Crippen LogP) is 2.45. The Morgan fingerprint density at radius 2 is 1.79 bits per heavy atom. The molecule has 2 amide bonds. The van der Waals surface area contributed by atoms with Gasteiger partial charge in [-0.3, -0.25) is 9.59 Å². The van der Waals surface area contributed by atoms with E-state index in [2.05, 4.69) is 5.32 Å². The quantitative estimate of drug-likeness (QED) is 0.707. The summed E-state index contributed by atoms with van der Waals surface area (Å²) in [5, 5.41) is 2.97. The number of methoxy groups -OCH3 is 2. The van der Waals surface area contributed by atoms with Gasteiger partial charge in [-0.2, -0.15) is 0 Å². The van der Waals surface area contributed by atoms with Crippen LogP contribution in [0.3, 0.4) is 0 Å². The molecule has 154 valence electrons. The number of carbonyl (C=O) groups is 2. The number of hydrogen-bond donors (Lipinski definition) is 1. The maximum atomic E-state index is 12.5. The molecule has 0 aliphatic carbocycles. The Kier molecular flexibility index (Phi) is 7.11. The van der Waals surface area contributed by atoms with Crippen molar-refractivity contribution in [1.82, 2.24) is 10.2 Å². The molecule has 0 aromatic heterocycles. The van der Waals surface area contributed by atoms with E-state index >= 15 is 0 Å². The first-order chi connectivity index (χ1) is 14.1. The minimum absolute atomic E-state index is 0.0446. The third-order valence-electron chi connectivity index (χ3n) is 5.26. The number of ether oxygens (including phenoxy) is 2. The zero-order valence-electron chi connectivity index (χ0n) is 17.0. The summed E-state index contributed by atoms with van der Waals surface area (Å²) >= 11 is 0. The first-order valence-corrected chi connectivity index (χ1v) is 9.90. The molecule has 1 N–H and O–H groups in total. The van der Waals surface area contributed by atoms with E-state index in [-0.39, 0.29) is 24.2 Å². The van der Waals surface area contributed by atoms with Gasteiger partial charge in [-0.05, 0) is 48.2 Å². The van der Waals surface area contributed by atoms with E-state index in [0.29, 0.717) is 19.6 Å². The molecule has 6 nitrogen and oxygen atoms in total. The number of likely N-dealkylation sites (tertiary alicyclic amines) is 1. The van der Waals surface area contributed by atoms with E-state index in [1.54, 1.807) is 19.1 Å². The summed E-state index contributed by atoms with van der Waals surface area (Å²) in [5.41, 5.74) is 2.25. The number of nitrogens with one attached hydrogen (secondary N) is 1. The number of rotatable bonds is 9. The maximum Gasteiger partial charge on any atom is 0.225 e. The van der Waals surface area contributed by atoms with Crippen LogP contribution in [0.5, 0.6) is 11.5 Å². The Hall–Kier alpha value is -3.02. The van der Waals surface area contributed by atoms with Crippen molar-refractivity contribution in [2.45, 2.75) is 19.3 Å². The lowest BCUT2D eigenvalue weighted by atomic mass is 10.1. The third kappa shape index (κ3) is 5.73. The topological polar surface area (TPSA) is 67.9 Å². The minimum Gasteiger partial charge on any atom is -0.497 e. The van der Waals surface area contributed by atoms with Gasteiger partial charge in [0.25, 0.3) is 0 Å². The molecule has 1 heterocycles. The average molecular weight is 396 g/mol. The van der Waals surface area contributed by atoms with Crippen LogP contribution >= 0.6 is 0 Å². The van der Waals surface area contributed by atoms with Crippen molar-refractivity contribution in [1.29, 1.82) is 0 Å². The molecule has 1 saturated heterocycles. The van der Waals surface area contributed by atoms with E-state index in [0.717, 1.165) is 35.5 Å². The van der Waals surface area contributed by atoms with Crippen LogP contribution < -0.4 is 14.8 Å². The van der Waals surface area contributed by atoms with Gasteiger partial charge in [0.15, 0.2) is 0 Å². The summed E-state index contributed by atoms with van der Waals surface area (Å²) in [7, 11) is 3.28. The number of carbonyl (C=O) groups excluding carboxylic acids is 2. The predicted molar refractivity (Wildman–Crippen MR) is 111 cm³/mol. The molecule has 1 aliphatic heterocycles. The standard InChI is InChI=1S/C23H28N2O4/c1-28-20-8-6-17(7-9-20)10-12-24-23(27)19-15-22(26)25(16-19)13-11-18-4-3-5-21(14-18)29-2/h3-9,14,19H,10-13,15-16H2,1-2H3,(H,24,27). The Morgan fingerprint density at radius 3 is 2.52 bits per heavy atom. The zero-order chi connectivity index (χ0) is 20.6. The fourth-order valence-corrected chi connectivity index (χ4v) is 3.52. The normalized spacial score (nSPS) is 16.0. The molecule has 0 radical (unpaired) electrons. The Balaban J connectivity index is 1.43. The van der Waals surface area contributed by atoms with Gasteiger partial charge in [0.05, 0.1) is 20.1 Å². The fourth-order valence-electron chi connectivity index (χ4n) is 3.52. The maximum absolute atomic E-state index is 12.5. The van der Waals surface area contributed by atoms with Crippen molar-refractivity contribution in [3.63, 3.8) is 0 Å². The van der Waals surface area contributed by atoms with Gasteiger partial charge in [-0.25, -0.2) is 0 Å². The molecule has 0 bridgehead atoms. The van der Waals surface area contributed by atoms with Crippen molar-refractivity contribution in [3.8, 4) is 11.5 Å². The van der Waals surface area contributed by atoms with Crippen LogP contribution in [0.4, 0.5) is 0 Å². The highest BCUT2D eigenvalue weighted by molar-refractivity contribution is 5.89. The molecule has 2 aromatic carbocycles. The van der Waals surface area contributed by atoms with Crippen LogP contribution in [0.1, 0.15) is 17.5 Å². The van der Waals surface area contributed by atoms with Crippen molar-refractivity contribution < 1.29 is 19.1 Å². The molecule has 3 rings (SSSR count). The van der Waals surface area contributed by atoms with Gasteiger partial charge in [-0.15, -0.1) is 0 Å². The van der Waals surface area contributed by atoms with E-state index in [4.69, 9.17) is 9.47 Å². The van der Waals surface area contributed by atoms with Crippen LogP contribution in [0.15, 0.2) is 48.5 Å². The zero-order valence-corrected chi connectivity index (χ0v) is 17.0. The highest BCUT2D eigenvalue weighted by atomic mass is 16.5. The van der Waals surface area contributed by atoms with Crippen molar-refractivity contribution in [3.05, 3.63) is 59.7 Å². The molecule has 2 aromatic rings. The second-order valence-corrected chi connectivity index (χ2v) is 7.23.